The Morgan fingerprint density at radius 2 is 2.05 bits per heavy atom. The van der Waals surface area contributed by atoms with Crippen LogP contribution in [0.1, 0.15) is 27.2 Å². The summed E-state index contributed by atoms with van der Waals surface area (Å²) in [5.41, 5.74) is -0.223. The number of carbonyl (C=O) groups is 1. The third kappa shape index (κ3) is 9.59. The number of aromatic nitrogens is 2. The van der Waals surface area contributed by atoms with Crippen molar-refractivity contribution in [1.29, 1.82) is 0 Å². The molecule has 8 heteroatoms. The molecule has 1 rings (SSSR count). The molecule has 22 heavy (non-hydrogen) atoms. The molecular formula is C14H27IN6O. The SMILES string of the molecule is CN=C(NCCCn1cccn1)NCC(=O)NC(C)(C)C.I. The number of aryl methyl sites for hydroxylation is 1. The van der Waals surface area contributed by atoms with Crippen LogP contribution in [0.3, 0.4) is 0 Å². The highest BCUT2D eigenvalue weighted by Gasteiger charge is 2.13. The van der Waals surface area contributed by atoms with Crippen LogP contribution < -0.4 is 16.0 Å². The molecule has 3 N–H and O–H groups in total. The highest BCUT2D eigenvalue weighted by atomic mass is 127. The molecule has 1 amide bonds. The third-order valence-corrected chi connectivity index (χ3v) is 2.57. The predicted octanol–water partition coefficient (Wildman–Crippen LogP) is 0.971. The molecule has 0 saturated carbocycles. The molecule has 0 unspecified atom stereocenters. The van der Waals surface area contributed by atoms with Gasteiger partial charge >= 0.3 is 0 Å². The van der Waals surface area contributed by atoms with E-state index < -0.39 is 0 Å². The number of hydrogen-bond acceptors (Lipinski definition) is 3. The zero-order chi connectivity index (χ0) is 15.7. The van der Waals surface area contributed by atoms with Crippen LogP contribution in [-0.4, -0.2) is 47.3 Å². The quantitative estimate of drug-likeness (QED) is 0.276. The van der Waals surface area contributed by atoms with E-state index in [1.165, 1.54) is 0 Å². The van der Waals surface area contributed by atoms with Crippen molar-refractivity contribution in [3.05, 3.63) is 18.5 Å². The molecule has 0 aliphatic carbocycles. The van der Waals surface area contributed by atoms with Crippen LogP contribution in [0, 0.1) is 0 Å². The van der Waals surface area contributed by atoms with Crippen LogP contribution in [-0.2, 0) is 11.3 Å². The van der Waals surface area contributed by atoms with Gasteiger partial charge in [0.05, 0.1) is 6.54 Å². The Labute approximate surface area is 149 Å². The number of halogens is 1. The molecule has 126 valence electrons. The molecule has 0 radical (unpaired) electrons. The number of carbonyl (C=O) groups excluding carboxylic acids is 1. The first-order valence-corrected chi connectivity index (χ1v) is 7.13. The lowest BCUT2D eigenvalue weighted by Crippen LogP contribution is -2.48. The maximum atomic E-state index is 11.7. The fourth-order valence-corrected chi connectivity index (χ4v) is 1.73. The Bertz CT molecular complexity index is 452. The number of hydrogen-bond donors (Lipinski definition) is 3. The van der Waals surface area contributed by atoms with Crippen LogP contribution in [0.2, 0.25) is 0 Å². The molecule has 0 spiro atoms. The molecule has 0 fully saturated rings. The normalized spacial score (nSPS) is 11.5. The number of amides is 1. The van der Waals surface area contributed by atoms with Crippen LogP contribution in [0.15, 0.2) is 23.5 Å². The summed E-state index contributed by atoms with van der Waals surface area (Å²) in [7, 11) is 1.69. The van der Waals surface area contributed by atoms with E-state index in [1.807, 2.05) is 37.7 Å². The minimum atomic E-state index is -0.223. The number of aliphatic imine (C=N–C) groups is 1. The van der Waals surface area contributed by atoms with Gasteiger partial charge in [0.15, 0.2) is 5.96 Å². The first-order chi connectivity index (χ1) is 9.90. The Morgan fingerprint density at radius 1 is 1.32 bits per heavy atom. The summed E-state index contributed by atoms with van der Waals surface area (Å²) in [6.07, 6.45) is 4.63. The fraction of sp³-hybridized carbons (Fsp3) is 0.643. The second kappa shape index (κ2) is 10.4. The zero-order valence-electron chi connectivity index (χ0n) is 13.7. The summed E-state index contributed by atoms with van der Waals surface area (Å²) in [6, 6.07) is 1.90. The lowest BCUT2D eigenvalue weighted by atomic mass is 10.1. The molecule has 0 aromatic carbocycles. The van der Waals surface area contributed by atoms with Gasteiger partial charge in [0.1, 0.15) is 0 Å². The average Bonchev–Trinajstić information content (AvgIpc) is 2.89. The molecule has 1 aromatic rings. The average molecular weight is 422 g/mol. The second-order valence-electron chi connectivity index (χ2n) is 5.77. The third-order valence-electron chi connectivity index (χ3n) is 2.57. The van der Waals surface area contributed by atoms with Crippen molar-refractivity contribution in [2.24, 2.45) is 4.99 Å². The predicted molar refractivity (Wildman–Crippen MR) is 99.5 cm³/mol. The van der Waals surface area contributed by atoms with Crippen LogP contribution in [0.5, 0.6) is 0 Å². The lowest BCUT2D eigenvalue weighted by molar-refractivity contribution is -0.121. The Kier molecular flexibility index (Phi) is 9.79. The summed E-state index contributed by atoms with van der Waals surface area (Å²) < 4.78 is 1.88. The standard InChI is InChI=1S/C14H26N6O.HI/c1-14(2,3)19-12(21)11-17-13(15-4)16-7-5-9-20-10-6-8-18-20;/h6,8,10H,5,7,9,11H2,1-4H3,(H,19,21)(H2,15,16,17);1H. The molecule has 1 heterocycles. The molecule has 0 bridgehead atoms. The molecule has 0 saturated heterocycles. The van der Waals surface area contributed by atoms with Crippen molar-refractivity contribution in [3.63, 3.8) is 0 Å². The van der Waals surface area contributed by atoms with Crippen molar-refractivity contribution in [2.75, 3.05) is 20.1 Å². The van der Waals surface area contributed by atoms with Gasteiger partial charge in [0.25, 0.3) is 0 Å². The summed E-state index contributed by atoms with van der Waals surface area (Å²) in [5, 5.41) is 13.2. The molecule has 0 atom stereocenters. The maximum Gasteiger partial charge on any atom is 0.239 e. The Morgan fingerprint density at radius 3 is 2.59 bits per heavy atom. The molecule has 7 nitrogen and oxygen atoms in total. The summed E-state index contributed by atoms with van der Waals surface area (Å²) in [4.78, 5) is 15.8. The highest BCUT2D eigenvalue weighted by Crippen LogP contribution is 1.97. The van der Waals surface area contributed by atoms with Crippen LogP contribution in [0.4, 0.5) is 0 Å². The zero-order valence-corrected chi connectivity index (χ0v) is 16.0. The van der Waals surface area contributed by atoms with Gasteiger partial charge in [-0.15, -0.1) is 24.0 Å². The van der Waals surface area contributed by atoms with Crippen LogP contribution >= 0.6 is 24.0 Å². The molecule has 0 aliphatic rings. The largest absolute Gasteiger partial charge is 0.356 e. The minimum Gasteiger partial charge on any atom is -0.356 e. The van der Waals surface area contributed by atoms with Crippen molar-refractivity contribution in [2.45, 2.75) is 39.3 Å². The summed E-state index contributed by atoms with van der Waals surface area (Å²) in [5.74, 6) is 0.571. The van der Waals surface area contributed by atoms with Crippen molar-refractivity contribution in [3.8, 4) is 0 Å². The van der Waals surface area contributed by atoms with Crippen molar-refractivity contribution in [1.82, 2.24) is 25.7 Å². The lowest BCUT2D eigenvalue weighted by Gasteiger charge is -2.21. The van der Waals surface area contributed by atoms with Gasteiger partial charge in [-0.2, -0.15) is 5.10 Å². The number of nitrogens with one attached hydrogen (secondary N) is 3. The number of rotatable bonds is 6. The molecule has 1 aromatic heterocycles. The topological polar surface area (TPSA) is 83.3 Å². The van der Waals surface area contributed by atoms with E-state index in [4.69, 9.17) is 0 Å². The van der Waals surface area contributed by atoms with Gasteiger partial charge in [-0.05, 0) is 33.3 Å². The molecular weight excluding hydrogens is 395 g/mol. The van der Waals surface area contributed by atoms with Gasteiger partial charge in [0, 0.05) is 38.1 Å². The van der Waals surface area contributed by atoms with E-state index in [2.05, 4.69) is 26.0 Å². The maximum absolute atomic E-state index is 11.7. The van der Waals surface area contributed by atoms with Gasteiger partial charge in [0.2, 0.25) is 5.91 Å². The van der Waals surface area contributed by atoms with E-state index >= 15 is 0 Å². The monoisotopic (exact) mass is 422 g/mol. The van der Waals surface area contributed by atoms with Gasteiger partial charge < -0.3 is 16.0 Å². The Hall–Kier alpha value is -1.32. The number of guanidine groups is 1. The number of nitrogens with zero attached hydrogens (tertiary/aromatic N) is 3. The summed E-state index contributed by atoms with van der Waals surface area (Å²) in [6.45, 7) is 7.67. The second-order valence-corrected chi connectivity index (χ2v) is 5.77. The fourth-order valence-electron chi connectivity index (χ4n) is 1.73. The summed E-state index contributed by atoms with van der Waals surface area (Å²) >= 11 is 0. The highest BCUT2D eigenvalue weighted by molar-refractivity contribution is 14.0. The first-order valence-electron chi connectivity index (χ1n) is 7.13. The first kappa shape index (κ1) is 20.7. The van der Waals surface area contributed by atoms with Gasteiger partial charge in [-0.25, -0.2) is 0 Å². The van der Waals surface area contributed by atoms with Gasteiger partial charge in [-0.3, -0.25) is 14.5 Å². The van der Waals surface area contributed by atoms with E-state index in [0.717, 1.165) is 19.5 Å². The van der Waals surface area contributed by atoms with Gasteiger partial charge in [-0.1, -0.05) is 0 Å². The van der Waals surface area contributed by atoms with Crippen LogP contribution in [0.25, 0.3) is 0 Å². The van der Waals surface area contributed by atoms with E-state index in [1.54, 1.807) is 13.2 Å². The Balaban J connectivity index is 0.00000441. The molecule has 0 aliphatic heterocycles. The van der Waals surface area contributed by atoms with Crippen molar-refractivity contribution < 1.29 is 4.79 Å². The van der Waals surface area contributed by atoms with E-state index in [9.17, 15) is 4.79 Å². The van der Waals surface area contributed by atoms with E-state index in [-0.39, 0.29) is 42.0 Å². The minimum absolute atomic E-state index is 0. The van der Waals surface area contributed by atoms with Crippen molar-refractivity contribution >= 4 is 35.8 Å². The smallest absolute Gasteiger partial charge is 0.239 e. The van der Waals surface area contributed by atoms with E-state index in [0.29, 0.717) is 5.96 Å².